The van der Waals surface area contributed by atoms with Gasteiger partial charge in [-0.2, -0.15) is 0 Å². The molecule has 0 heterocycles. The Labute approximate surface area is 150 Å². The highest BCUT2D eigenvalue weighted by molar-refractivity contribution is 5.48. The minimum atomic E-state index is -0.456. The molecule has 0 spiro atoms. The Morgan fingerprint density at radius 3 is 2.23 bits per heavy atom. The normalized spacial score (nSPS) is 10.2. The van der Waals surface area contributed by atoms with E-state index in [0.717, 1.165) is 5.56 Å². The molecule has 0 bridgehead atoms. The molecular weight excluding hydrogens is 334 g/mol. The summed E-state index contributed by atoms with van der Waals surface area (Å²) >= 11 is 0. The number of rotatable bonds is 7. The minimum absolute atomic E-state index is 0.00394. The summed E-state index contributed by atoms with van der Waals surface area (Å²) in [6.45, 7) is 0.435. The van der Waals surface area contributed by atoms with Crippen molar-refractivity contribution in [3.8, 4) is 23.0 Å². The van der Waals surface area contributed by atoms with Crippen LogP contribution in [0.5, 0.6) is 23.0 Å². The first-order valence-corrected chi connectivity index (χ1v) is 7.93. The molecule has 3 aromatic rings. The second-order valence-corrected chi connectivity index (χ2v) is 5.44. The molecule has 0 aliphatic rings. The van der Waals surface area contributed by atoms with Crippen molar-refractivity contribution < 1.29 is 19.1 Å². The topological polar surface area (TPSA) is 70.8 Å². The van der Waals surface area contributed by atoms with Crippen LogP contribution in [0, 0.1) is 10.1 Å². The molecule has 0 saturated carbocycles. The molecule has 0 radical (unpaired) electrons. The summed E-state index contributed by atoms with van der Waals surface area (Å²) in [5.74, 6) is 2.10. The smallest absolute Gasteiger partial charge is 0.269 e. The lowest BCUT2D eigenvalue weighted by Crippen LogP contribution is -1.96. The van der Waals surface area contributed by atoms with Gasteiger partial charge in [-0.25, -0.2) is 0 Å². The highest BCUT2D eigenvalue weighted by Crippen LogP contribution is 2.35. The number of methoxy groups -OCH3 is 1. The molecule has 132 valence electrons. The fourth-order valence-electron chi connectivity index (χ4n) is 2.33. The molecule has 0 aliphatic heterocycles. The quantitative estimate of drug-likeness (QED) is 0.444. The monoisotopic (exact) mass is 351 g/mol. The Morgan fingerprint density at radius 1 is 0.885 bits per heavy atom. The van der Waals surface area contributed by atoms with E-state index in [1.54, 1.807) is 25.3 Å². The minimum Gasteiger partial charge on any atom is -0.493 e. The first-order valence-electron chi connectivity index (χ1n) is 7.93. The van der Waals surface area contributed by atoms with Gasteiger partial charge >= 0.3 is 0 Å². The first-order chi connectivity index (χ1) is 12.7. The van der Waals surface area contributed by atoms with Crippen LogP contribution >= 0.6 is 0 Å². The Morgan fingerprint density at radius 2 is 1.58 bits per heavy atom. The number of nitrogens with zero attached hydrogens (tertiary/aromatic N) is 1. The Hall–Kier alpha value is -3.54. The third-order valence-electron chi connectivity index (χ3n) is 3.66. The van der Waals surface area contributed by atoms with Gasteiger partial charge in [0.2, 0.25) is 0 Å². The Bertz CT molecular complexity index is 878. The lowest BCUT2D eigenvalue weighted by molar-refractivity contribution is -0.384. The van der Waals surface area contributed by atoms with Gasteiger partial charge in [0.05, 0.1) is 12.0 Å². The Kier molecular flexibility index (Phi) is 5.34. The van der Waals surface area contributed by atoms with Crippen LogP contribution in [0.25, 0.3) is 0 Å². The third kappa shape index (κ3) is 4.30. The van der Waals surface area contributed by atoms with E-state index in [1.165, 1.54) is 24.3 Å². The van der Waals surface area contributed by atoms with Crippen molar-refractivity contribution in [2.24, 2.45) is 0 Å². The molecular formula is C20H17NO5. The molecule has 0 unspecified atom stereocenters. The molecule has 6 heteroatoms. The van der Waals surface area contributed by atoms with Gasteiger partial charge in [0.25, 0.3) is 5.69 Å². The van der Waals surface area contributed by atoms with Crippen molar-refractivity contribution >= 4 is 5.69 Å². The van der Waals surface area contributed by atoms with E-state index in [-0.39, 0.29) is 5.69 Å². The fourth-order valence-corrected chi connectivity index (χ4v) is 2.33. The number of non-ortho nitro benzene ring substituents is 1. The van der Waals surface area contributed by atoms with Gasteiger partial charge in [0.15, 0.2) is 11.5 Å². The van der Waals surface area contributed by atoms with E-state index in [4.69, 9.17) is 14.2 Å². The van der Waals surface area contributed by atoms with Crippen molar-refractivity contribution in [1.29, 1.82) is 0 Å². The molecule has 0 atom stereocenters. The zero-order chi connectivity index (χ0) is 18.4. The summed E-state index contributed by atoms with van der Waals surface area (Å²) in [5.41, 5.74) is 1.06. The molecule has 3 rings (SSSR count). The highest BCUT2D eigenvalue weighted by Gasteiger charge is 2.10. The average Bonchev–Trinajstić information content (AvgIpc) is 2.68. The van der Waals surface area contributed by atoms with Crippen molar-refractivity contribution in [2.45, 2.75) is 6.61 Å². The van der Waals surface area contributed by atoms with Crippen molar-refractivity contribution in [3.63, 3.8) is 0 Å². The van der Waals surface area contributed by atoms with Crippen LogP contribution in [0.4, 0.5) is 5.69 Å². The molecule has 6 nitrogen and oxygen atoms in total. The summed E-state index contributed by atoms with van der Waals surface area (Å²) in [5, 5.41) is 10.7. The zero-order valence-electron chi connectivity index (χ0n) is 14.1. The maximum absolute atomic E-state index is 10.7. The van der Waals surface area contributed by atoms with E-state index in [9.17, 15) is 10.1 Å². The van der Waals surface area contributed by atoms with Crippen LogP contribution in [0.15, 0.2) is 72.8 Å². The van der Waals surface area contributed by atoms with Crippen LogP contribution in [0.1, 0.15) is 5.56 Å². The molecule has 0 aromatic heterocycles. The van der Waals surface area contributed by atoms with Crippen LogP contribution < -0.4 is 14.2 Å². The van der Waals surface area contributed by atoms with Crippen molar-refractivity contribution in [2.75, 3.05) is 7.11 Å². The summed E-state index contributed by atoms with van der Waals surface area (Å²) in [4.78, 5) is 10.3. The number of nitro groups is 1. The molecule has 0 aliphatic carbocycles. The Balaban J connectivity index is 1.75. The number of benzene rings is 3. The third-order valence-corrected chi connectivity index (χ3v) is 3.66. The number of hydrogen-bond donors (Lipinski definition) is 0. The van der Waals surface area contributed by atoms with E-state index >= 15 is 0 Å². The maximum Gasteiger partial charge on any atom is 0.269 e. The molecule has 26 heavy (non-hydrogen) atoms. The van der Waals surface area contributed by atoms with Gasteiger partial charge < -0.3 is 14.2 Å². The van der Waals surface area contributed by atoms with Crippen LogP contribution in [-0.4, -0.2) is 12.0 Å². The van der Waals surface area contributed by atoms with Crippen LogP contribution in [0.2, 0.25) is 0 Å². The van der Waals surface area contributed by atoms with E-state index in [0.29, 0.717) is 29.6 Å². The lowest BCUT2D eigenvalue weighted by Gasteiger charge is -2.13. The SMILES string of the molecule is COc1ccc(OCc2ccccc2)cc1Oc1ccc([N+](=O)[O-])cc1. The number of nitro benzene ring substituents is 1. The molecule has 3 aromatic carbocycles. The molecule has 0 N–H and O–H groups in total. The van der Waals surface area contributed by atoms with Crippen molar-refractivity contribution in [1.82, 2.24) is 0 Å². The standard InChI is InChI=1S/C20H17NO5/c1-24-19-12-11-18(25-14-15-5-3-2-4-6-15)13-20(19)26-17-9-7-16(8-10-17)21(22)23/h2-13H,14H2,1H3. The van der Waals surface area contributed by atoms with Gasteiger partial charge in [-0.15, -0.1) is 0 Å². The van der Waals surface area contributed by atoms with Gasteiger partial charge in [-0.3, -0.25) is 10.1 Å². The van der Waals surface area contributed by atoms with E-state index < -0.39 is 4.92 Å². The first kappa shape index (κ1) is 17.3. The van der Waals surface area contributed by atoms with Gasteiger partial charge in [-0.05, 0) is 29.8 Å². The van der Waals surface area contributed by atoms with Gasteiger partial charge in [0, 0.05) is 18.2 Å². The molecule has 0 fully saturated rings. The summed E-state index contributed by atoms with van der Waals surface area (Å²) in [7, 11) is 1.54. The second-order valence-electron chi connectivity index (χ2n) is 5.44. The highest BCUT2D eigenvalue weighted by atomic mass is 16.6. The summed E-state index contributed by atoms with van der Waals surface area (Å²) < 4.78 is 16.9. The largest absolute Gasteiger partial charge is 0.493 e. The predicted molar refractivity (Wildman–Crippen MR) is 96.9 cm³/mol. The van der Waals surface area contributed by atoms with Crippen LogP contribution in [-0.2, 0) is 6.61 Å². The molecule has 0 amide bonds. The average molecular weight is 351 g/mol. The second kappa shape index (κ2) is 8.02. The predicted octanol–water partition coefficient (Wildman–Crippen LogP) is 4.97. The van der Waals surface area contributed by atoms with E-state index in [1.807, 2.05) is 30.3 Å². The molecule has 0 saturated heterocycles. The zero-order valence-corrected chi connectivity index (χ0v) is 14.1. The number of ether oxygens (including phenoxy) is 3. The van der Waals surface area contributed by atoms with Gasteiger partial charge in [-0.1, -0.05) is 30.3 Å². The summed E-state index contributed by atoms with van der Waals surface area (Å²) in [6.07, 6.45) is 0. The van der Waals surface area contributed by atoms with Crippen molar-refractivity contribution in [3.05, 3.63) is 88.5 Å². The van der Waals surface area contributed by atoms with Crippen LogP contribution in [0.3, 0.4) is 0 Å². The summed E-state index contributed by atoms with van der Waals surface area (Å²) in [6, 6.07) is 20.9. The van der Waals surface area contributed by atoms with E-state index in [2.05, 4.69) is 0 Å². The fraction of sp³-hybridized carbons (Fsp3) is 0.100. The number of hydrogen-bond acceptors (Lipinski definition) is 5. The maximum atomic E-state index is 10.7. The lowest BCUT2D eigenvalue weighted by atomic mass is 10.2. The van der Waals surface area contributed by atoms with Gasteiger partial charge in [0.1, 0.15) is 18.1 Å².